The van der Waals surface area contributed by atoms with Crippen LogP contribution in [0.3, 0.4) is 0 Å². The van der Waals surface area contributed by atoms with Crippen LogP contribution >= 0.6 is 27.5 Å². The van der Waals surface area contributed by atoms with E-state index < -0.39 is 8.07 Å². The van der Waals surface area contributed by atoms with E-state index >= 15 is 0 Å². The Hall–Kier alpha value is -2.13. The molecule has 1 aliphatic heterocycles. The lowest BCUT2D eigenvalue weighted by atomic mass is 10.1. The molecule has 0 N–H and O–H groups in total. The molecule has 0 radical (unpaired) electrons. The molecule has 0 amide bonds. The molecule has 0 saturated carbocycles. The van der Waals surface area contributed by atoms with E-state index in [1.54, 1.807) is 0 Å². The van der Waals surface area contributed by atoms with Crippen LogP contribution in [0.4, 0.5) is 0 Å². The molecule has 3 heteroatoms. The van der Waals surface area contributed by atoms with Gasteiger partial charge >= 0.3 is 0 Å². The lowest BCUT2D eigenvalue weighted by Gasteiger charge is -2.44. The van der Waals surface area contributed by atoms with E-state index in [2.05, 4.69) is 107 Å². The summed E-state index contributed by atoms with van der Waals surface area (Å²) in [6, 6.07) is 34.9. The van der Waals surface area contributed by atoms with Crippen molar-refractivity contribution >= 4 is 56.4 Å². The third-order valence-electron chi connectivity index (χ3n) is 5.49. The molecule has 1 aliphatic rings. The van der Waals surface area contributed by atoms with E-state index in [-0.39, 0.29) is 0 Å². The van der Waals surface area contributed by atoms with Gasteiger partial charge in [0.2, 0.25) is 0 Å². The molecule has 0 aliphatic carbocycles. The minimum absolute atomic E-state index is 0.827. The van der Waals surface area contributed by atoms with Gasteiger partial charge < -0.3 is 0 Å². The molecule has 0 nitrogen and oxygen atoms in total. The second kappa shape index (κ2) is 6.49. The maximum atomic E-state index is 6.76. The van der Waals surface area contributed by atoms with Crippen molar-refractivity contribution in [2.45, 2.75) is 0 Å². The Bertz CT molecular complexity index is 1100. The van der Waals surface area contributed by atoms with Crippen LogP contribution in [-0.2, 0) is 0 Å². The van der Waals surface area contributed by atoms with Gasteiger partial charge in [-0.3, -0.25) is 0 Å². The van der Waals surface area contributed by atoms with Crippen molar-refractivity contribution in [1.82, 2.24) is 0 Å². The second-order valence-corrected chi connectivity index (χ2v) is 11.9. The Kier molecular flexibility index (Phi) is 4.08. The summed E-state index contributed by atoms with van der Waals surface area (Å²) >= 11 is 10.4. The summed E-state index contributed by atoms with van der Waals surface area (Å²) in [4.78, 5) is 0. The Labute approximate surface area is 173 Å². The Balaban J connectivity index is 2.00. The first-order chi connectivity index (χ1) is 13.2. The average Bonchev–Trinajstić information content (AvgIpc) is 3.01. The summed E-state index contributed by atoms with van der Waals surface area (Å²) in [6.45, 7) is 0. The summed E-state index contributed by atoms with van der Waals surface area (Å²) < 4.78 is 1.08. The molecule has 131 valence electrons. The van der Waals surface area contributed by atoms with Crippen LogP contribution in [0.25, 0.3) is 11.1 Å². The maximum Gasteiger partial charge on any atom is 0.0455 e. The predicted molar refractivity (Wildman–Crippen MR) is 122 cm³/mol. The Morgan fingerprint density at radius 2 is 1.26 bits per heavy atom. The van der Waals surface area contributed by atoms with Gasteiger partial charge in [-0.2, -0.15) is 20.7 Å². The maximum absolute atomic E-state index is 6.76. The van der Waals surface area contributed by atoms with E-state index in [0.717, 1.165) is 9.50 Å². The van der Waals surface area contributed by atoms with Crippen LogP contribution in [0.15, 0.2) is 102 Å². The van der Waals surface area contributed by atoms with Crippen molar-refractivity contribution in [3.63, 3.8) is 0 Å². The van der Waals surface area contributed by atoms with Crippen molar-refractivity contribution in [2.75, 3.05) is 0 Å². The molecule has 0 atom stereocenters. The first-order valence-electron chi connectivity index (χ1n) is 8.93. The zero-order chi connectivity index (χ0) is 18.4. The van der Waals surface area contributed by atoms with Gasteiger partial charge in [0.15, 0.2) is 0 Å². The highest BCUT2D eigenvalue weighted by atomic mass is 79.9. The second-order valence-electron chi connectivity index (χ2n) is 6.83. The normalized spacial score (nSPS) is 13.9. The Morgan fingerprint density at radius 3 is 1.89 bits per heavy atom. The van der Waals surface area contributed by atoms with E-state index in [0.29, 0.717) is 0 Å². The van der Waals surface area contributed by atoms with Crippen LogP contribution in [-0.4, -0.2) is 8.07 Å². The first kappa shape index (κ1) is 17.0. The molecule has 0 saturated heterocycles. The number of hydrogen-bond acceptors (Lipinski definition) is 0. The van der Waals surface area contributed by atoms with Gasteiger partial charge in [0, 0.05) is 9.50 Å². The minimum atomic E-state index is -2.39. The number of fused-ring (bicyclic) bond motifs is 3. The third kappa shape index (κ3) is 2.41. The van der Waals surface area contributed by atoms with E-state index in [4.69, 9.17) is 11.6 Å². The molecule has 0 unspecified atom stereocenters. The molecule has 4 aromatic carbocycles. The molecule has 5 rings (SSSR count). The summed E-state index contributed by atoms with van der Waals surface area (Å²) in [7, 11) is -2.39. The smallest absolute Gasteiger partial charge is 0.0455 e. The number of benzene rings is 4. The van der Waals surface area contributed by atoms with Crippen LogP contribution in [0.1, 0.15) is 0 Å². The van der Waals surface area contributed by atoms with Gasteiger partial charge in [0.1, 0.15) is 0 Å². The van der Waals surface area contributed by atoms with E-state index in [1.165, 1.54) is 31.9 Å². The van der Waals surface area contributed by atoms with Crippen LogP contribution in [0, 0.1) is 0 Å². The number of hydrogen-bond donors (Lipinski definition) is 0. The topological polar surface area (TPSA) is 0 Å². The van der Waals surface area contributed by atoms with Gasteiger partial charge in [-0.1, -0.05) is 112 Å². The molecule has 0 spiro atoms. The minimum Gasteiger partial charge on any atom is -0.171 e. The molecular weight excluding hydrogens is 432 g/mol. The first-order valence-corrected chi connectivity index (χ1v) is 12.1. The van der Waals surface area contributed by atoms with Crippen LogP contribution in [0.2, 0.25) is 5.02 Å². The molecule has 0 aromatic heterocycles. The van der Waals surface area contributed by atoms with Crippen molar-refractivity contribution < 1.29 is 0 Å². The van der Waals surface area contributed by atoms with Gasteiger partial charge in [0.25, 0.3) is 0 Å². The highest BCUT2D eigenvalue weighted by Crippen LogP contribution is 2.35. The zero-order valence-electron chi connectivity index (χ0n) is 14.5. The zero-order valence-corrected chi connectivity index (χ0v) is 17.8. The lowest BCUT2D eigenvalue weighted by Crippen LogP contribution is -2.72. The largest absolute Gasteiger partial charge is 0.171 e. The summed E-state index contributed by atoms with van der Waals surface area (Å²) in [5.74, 6) is 0. The quantitative estimate of drug-likeness (QED) is 0.351. The molecule has 4 aromatic rings. The van der Waals surface area contributed by atoms with Crippen molar-refractivity contribution in [1.29, 1.82) is 0 Å². The monoisotopic (exact) mass is 446 g/mol. The van der Waals surface area contributed by atoms with Crippen molar-refractivity contribution in [2.24, 2.45) is 0 Å². The summed E-state index contributed by atoms with van der Waals surface area (Å²) in [5, 5.41) is 6.39. The molecular formula is C24H16BrClSi-. The SMILES string of the molecule is Clc1cccc2c1-c1cc(Br)ccc1[Si-]2(c1ccccc1)c1ccccc1. The predicted octanol–water partition coefficient (Wildman–Crippen LogP) is 4.46. The standard InChI is InChI=1S/C24H16BrClSi/c25-17-14-15-22-20(16-17)24-21(26)12-7-13-23(24)27(22,18-8-3-1-4-9-18)19-10-5-2-6-11-19/h1-16H/q-1. The molecule has 27 heavy (non-hydrogen) atoms. The highest BCUT2D eigenvalue weighted by molar-refractivity contribution is 9.10. The fourth-order valence-electron chi connectivity index (χ4n) is 4.47. The third-order valence-corrected chi connectivity index (χ3v) is 11.2. The van der Waals surface area contributed by atoms with Gasteiger partial charge in [-0.05, 0) is 31.3 Å². The summed E-state index contributed by atoms with van der Waals surface area (Å²) in [6.07, 6.45) is 0. The van der Waals surface area contributed by atoms with Crippen LogP contribution < -0.4 is 20.7 Å². The molecule has 0 fully saturated rings. The molecule has 0 bridgehead atoms. The molecule has 1 heterocycles. The number of halogens is 2. The van der Waals surface area contributed by atoms with Gasteiger partial charge in [-0.15, -0.1) is 0 Å². The average molecular weight is 448 g/mol. The Morgan fingerprint density at radius 1 is 0.630 bits per heavy atom. The number of rotatable bonds is 2. The fraction of sp³-hybridized carbons (Fsp3) is 0. The van der Waals surface area contributed by atoms with Crippen molar-refractivity contribution in [3.05, 3.63) is 107 Å². The van der Waals surface area contributed by atoms with E-state index in [9.17, 15) is 0 Å². The van der Waals surface area contributed by atoms with Gasteiger partial charge in [-0.25, -0.2) is 0 Å². The van der Waals surface area contributed by atoms with Crippen LogP contribution in [0.5, 0.6) is 0 Å². The lowest BCUT2D eigenvalue weighted by molar-refractivity contribution is 1.66. The van der Waals surface area contributed by atoms with Gasteiger partial charge in [0.05, 0.1) is 0 Å². The van der Waals surface area contributed by atoms with Crippen molar-refractivity contribution in [3.8, 4) is 11.1 Å². The van der Waals surface area contributed by atoms with E-state index in [1.807, 2.05) is 6.07 Å². The summed E-state index contributed by atoms with van der Waals surface area (Å²) in [5.41, 5.74) is 2.44. The fourth-order valence-corrected chi connectivity index (χ4v) is 10.4. The highest BCUT2D eigenvalue weighted by Gasteiger charge is 2.37.